The maximum absolute atomic E-state index is 13.4. The molecule has 2 rings (SSSR count). The Hall–Kier alpha value is -2.41. The predicted molar refractivity (Wildman–Crippen MR) is 103 cm³/mol. The number of hydrogen-bond donors (Lipinski definition) is 0. The minimum Gasteiger partial charge on any atom is -0.382 e. The molecule has 27 heavy (non-hydrogen) atoms. The van der Waals surface area contributed by atoms with Gasteiger partial charge in [-0.15, -0.1) is 0 Å². The topological polar surface area (TPSA) is 63.7 Å². The zero-order chi connectivity index (χ0) is 20.2. The van der Waals surface area contributed by atoms with Gasteiger partial charge in [0.2, 0.25) is 0 Å². The van der Waals surface area contributed by atoms with Crippen molar-refractivity contribution in [3.05, 3.63) is 65.5 Å². The van der Waals surface area contributed by atoms with Crippen LogP contribution in [0, 0.1) is 5.82 Å². The Balaban J connectivity index is 2.16. The molecule has 0 saturated heterocycles. The highest BCUT2D eigenvalue weighted by atomic mass is 32.2. The maximum Gasteiger partial charge on any atom is 0.311 e. The van der Waals surface area contributed by atoms with Crippen molar-refractivity contribution < 1.29 is 21.8 Å². The highest BCUT2D eigenvalue weighted by Crippen LogP contribution is 2.19. The molecule has 146 valence electrons. The first kappa shape index (κ1) is 20.9. The van der Waals surface area contributed by atoms with Crippen molar-refractivity contribution in [2.45, 2.75) is 45.5 Å². The molecule has 0 atom stereocenters. The van der Waals surface area contributed by atoms with E-state index in [-0.39, 0.29) is 23.3 Å². The molecule has 5 nitrogen and oxygen atoms in total. The molecule has 0 aliphatic rings. The number of carbonyl (C=O) groups excluding carboxylic acids is 1. The Bertz CT molecular complexity index is 892. The van der Waals surface area contributed by atoms with Crippen LogP contribution in [0.3, 0.4) is 0 Å². The van der Waals surface area contributed by atoms with Crippen molar-refractivity contribution in [2.24, 2.45) is 0 Å². The molecule has 0 heterocycles. The van der Waals surface area contributed by atoms with Crippen LogP contribution in [0.1, 0.15) is 43.6 Å². The first-order chi connectivity index (χ1) is 12.6. The van der Waals surface area contributed by atoms with Crippen LogP contribution in [-0.2, 0) is 16.7 Å². The monoisotopic (exact) mass is 393 g/mol. The number of rotatable bonds is 7. The van der Waals surface area contributed by atoms with Gasteiger partial charge in [0.1, 0.15) is 11.6 Å². The Morgan fingerprint density at radius 2 is 1.70 bits per heavy atom. The Labute approximate surface area is 159 Å². The third-order valence-electron chi connectivity index (χ3n) is 4.02. The third kappa shape index (κ3) is 5.53. The summed E-state index contributed by atoms with van der Waals surface area (Å²) in [4.78, 5) is 14.3. The van der Waals surface area contributed by atoms with E-state index in [1.54, 1.807) is 49.1 Å². The highest BCUT2D eigenvalue weighted by molar-refractivity contribution is 7.87. The van der Waals surface area contributed by atoms with Gasteiger partial charge in [-0.25, -0.2) is 4.39 Å². The molecule has 7 heteroatoms. The highest BCUT2D eigenvalue weighted by Gasteiger charge is 2.20. The summed E-state index contributed by atoms with van der Waals surface area (Å²) in [5.41, 5.74) is 1.09. The number of benzene rings is 2. The van der Waals surface area contributed by atoms with E-state index in [0.717, 1.165) is 5.56 Å². The van der Waals surface area contributed by atoms with Gasteiger partial charge in [0.25, 0.3) is 5.91 Å². The largest absolute Gasteiger partial charge is 0.382 e. The van der Waals surface area contributed by atoms with Crippen molar-refractivity contribution in [3.8, 4) is 5.75 Å². The fourth-order valence-corrected chi connectivity index (χ4v) is 2.93. The van der Waals surface area contributed by atoms with Gasteiger partial charge in [-0.1, -0.05) is 18.2 Å². The molecule has 0 N–H and O–H groups in total. The number of halogens is 1. The van der Waals surface area contributed by atoms with Crippen molar-refractivity contribution in [1.29, 1.82) is 0 Å². The number of nitrogens with zero attached hydrogens (tertiary/aromatic N) is 1. The van der Waals surface area contributed by atoms with E-state index in [1.165, 1.54) is 18.2 Å². The molecule has 0 radical (unpaired) electrons. The van der Waals surface area contributed by atoms with Crippen molar-refractivity contribution in [1.82, 2.24) is 4.90 Å². The Morgan fingerprint density at radius 1 is 1.07 bits per heavy atom. The SMILES string of the molecule is CC(C)N(Cc1ccc(OS(=O)(=O)C(C)C)cc1)C(=O)c1cccc(F)c1. The van der Waals surface area contributed by atoms with E-state index < -0.39 is 21.2 Å². The van der Waals surface area contributed by atoms with Crippen molar-refractivity contribution in [3.63, 3.8) is 0 Å². The smallest absolute Gasteiger partial charge is 0.311 e. The van der Waals surface area contributed by atoms with E-state index in [0.29, 0.717) is 6.54 Å². The van der Waals surface area contributed by atoms with Gasteiger partial charge in [-0.2, -0.15) is 8.42 Å². The van der Waals surface area contributed by atoms with Gasteiger partial charge >= 0.3 is 10.1 Å². The summed E-state index contributed by atoms with van der Waals surface area (Å²) in [5.74, 6) is -0.510. The van der Waals surface area contributed by atoms with Crippen molar-refractivity contribution >= 4 is 16.0 Å². The zero-order valence-corrected chi connectivity index (χ0v) is 16.7. The summed E-state index contributed by atoms with van der Waals surface area (Å²) >= 11 is 0. The molecule has 1 amide bonds. The normalized spacial score (nSPS) is 11.7. The fourth-order valence-electron chi connectivity index (χ4n) is 2.35. The van der Waals surface area contributed by atoms with Gasteiger partial charge in [-0.3, -0.25) is 4.79 Å². The van der Waals surface area contributed by atoms with E-state index in [9.17, 15) is 17.6 Å². The summed E-state index contributed by atoms with van der Waals surface area (Å²) in [6.45, 7) is 7.16. The van der Waals surface area contributed by atoms with Gasteiger partial charge in [0.05, 0.1) is 5.25 Å². The number of carbonyl (C=O) groups is 1. The lowest BCUT2D eigenvalue weighted by Crippen LogP contribution is -2.36. The average molecular weight is 393 g/mol. The first-order valence-electron chi connectivity index (χ1n) is 8.69. The molecule has 0 aromatic heterocycles. The second-order valence-corrected chi connectivity index (χ2v) is 8.90. The van der Waals surface area contributed by atoms with Crippen LogP contribution >= 0.6 is 0 Å². The quantitative estimate of drug-likeness (QED) is 0.667. The summed E-state index contributed by atoms with van der Waals surface area (Å²) in [5, 5.41) is -0.641. The molecule has 0 aliphatic heterocycles. The van der Waals surface area contributed by atoms with Crippen LogP contribution in [0.25, 0.3) is 0 Å². The second-order valence-electron chi connectivity index (χ2n) is 6.81. The van der Waals surface area contributed by atoms with E-state index in [2.05, 4.69) is 0 Å². The summed E-state index contributed by atoms with van der Waals surface area (Å²) in [6.07, 6.45) is 0. The molecular formula is C20H24FNO4S. The van der Waals surface area contributed by atoms with E-state index >= 15 is 0 Å². The van der Waals surface area contributed by atoms with Crippen LogP contribution < -0.4 is 4.18 Å². The maximum atomic E-state index is 13.4. The lowest BCUT2D eigenvalue weighted by atomic mass is 10.1. The molecule has 2 aromatic rings. The lowest BCUT2D eigenvalue weighted by Gasteiger charge is -2.27. The van der Waals surface area contributed by atoms with Crippen molar-refractivity contribution in [2.75, 3.05) is 0 Å². The molecular weight excluding hydrogens is 369 g/mol. The van der Waals surface area contributed by atoms with E-state index in [4.69, 9.17) is 4.18 Å². The minimum absolute atomic E-state index is 0.0991. The van der Waals surface area contributed by atoms with Crippen LogP contribution in [-0.4, -0.2) is 30.5 Å². The Morgan fingerprint density at radius 3 is 2.22 bits per heavy atom. The van der Waals surface area contributed by atoms with Crippen LogP contribution in [0.15, 0.2) is 48.5 Å². The second kappa shape index (κ2) is 8.52. The standard InChI is InChI=1S/C20H24FNO4S/c1-14(2)22(20(23)17-6-5-7-18(21)12-17)13-16-8-10-19(11-9-16)26-27(24,25)15(3)4/h5-12,14-15H,13H2,1-4H3. The average Bonchev–Trinajstić information content (AvgIpc) is 2.59. The van der Waals surface area contributed by atoms with Gasteiger partial charge in [-0.05, 0) is 63.6 Å². The molecule has 2 aromatic carbocycles. The molecule has 0 saturated carbocycles. The molecule has 0 spiro atoms. The summed E-state index contributed by atoms with van der Waals surface area (Å²) < 4.78 is 42.1. The molecule has 0 aliphatic carbocycles. The minimum atomic E-state index is -3.65. The van der Waals surface area contributed by atoms with Gasteiger partial charge < -0.3 is 9.08 Å². The van der Waals surface area contributed by atoms with E-state index in [1.807, 2.05) is 13.8 Å². The zero-order valence-electron chi connectivity index (χ0n) is 15.8. The summed E-state index contributed by atoms with van der Waals surface area (Å²) in [7, 11) is -3.65. The first-order valence-corrected chi connectivity index (χ1v) is 10.2. The predicted octanol–water partition coefficient (Wildman–Crippen LogP) is 3.99. The fraction of sp³-hybridized carbons (Fsp3) is 0.350. The molecule has 0 bridgehead atoms. The summed E-state index contributed by atoms with van der Waals surface area (Å²) in [6, 6.07) is 12.0. The van der Waals surface area contributed by atoms with Crippen LogP contribution in [0.5, 0.6) is 5.75 Å². The third-order valence-corrected chi connectivity index (χ3v) is 5.60. The van der Waals surface area contributed by atoms with Crippen LogP contribution in [0.2, 0.25) is 0 Å². The number of hydrogen-bond acceptors (Lipinski definition) is 4. The van der Waals surface area contributed by atoms with Gasteiger partial charge in [0, 0.05) is 18.2 Å². The van der Waals surface area contributed by atoms with Crippen LogP contribution in [0.4, 0.5) is 4.39 Å². The lowest BCUT2D eigenvalue weighted by molar-refractivity contribution is 0.0690. The van der Waals surface area contributed by atoms with Gasteiger partial charge in [0.15, 0.2) is 0 Å². The number of amides is 1. The molecule has 0 unspecified atom stereocenters. The molecule has 0 fully saturated rings. The Kier molecular flexibility index (Phi) is 6.59.